The van der Waals surface area contributed by atoms with Crippen molar-refractivity contribution in [3.63, 3.8) is 0 Å². The molecule has 0 spiro atoms. The van der Waals surface area contributed by atoms with Gasteiger partial charge < -0.3 is 4.90 Å². The second-order valence-corrected chi connectivity index (χ2v) is 7.93. The zero-order chi connectivity index (χ0) is 22.5. The molecule has 0 aliphatic rings. The molecule has 1 amide bonds. The predicted octanol–water partition coefficient (Wildman–Crippen LogP) is 5.60. The highest BCUT2D eigenvalue weighted by molar-refractivity contribution is 6.33. The molecule has 31 heavy (non-hydrogen) atoms. The average molecular weight is 436 g/mol. The summed E-state index contributed by atoms with van der Waals surface area (Å²) in [5.41, 5.74) is 5.80. The smallest absolute Gasteiger partial charge is 0.226 e. The molecule has 0 atom stereocenters. The Kier molecular flexibility index (Phi) is 7.18. The van der Waals surface area contributed by atoms with Crippen LogP contribution in [-0.2, 0) is 11.2 Å². The highest BCUT2D eigenvalue weighted by Gasteiger charge is 2.13. The summed E-state index contributed by atoms with van der Waals surface area (Å²) >= 11 is 6.46. The van der Waals surface area contributed by atoms with E-state index < -0.39 is 0 Å². The molecule has 3 aromatic rings. The van der Waals surface area contributed by atoms with Crippen LogP contribution in [0, 0.1) is 13.8 Å². The highest BCUT2D eigenvalue weighted by atomic mass is 35.5. The third-order valence-corrected chi connectivity index (χ3v) is 5.65. The number of aromatic nitrogens is 2. The van der Waals surface area contributed by atoms with Crippen LogP contribution in [0.2, 0.25) is 5.02 Å². The largest absolute Gasteiger partial charge is 0.315 e. The van der Waals surface area contributed by atoms with Gasteiger partial charge in [0.2, 0.25) is 5.91 Å². The lowest BCUT2D eigenvalue weighted by molar-refractivity contribution is -0.118. The minimum atomic E-state index is -0.00678. The maximum atomic E-state index is 12.6. The first-order valence-electron chi connectivity index (χ1n) is 10.3. The summed E-state index contributed by atoms with van der Waals surface area (Å²) in [6.07, 6.45) is 3.10. The maximum absolute atomic E-state index is 12.6. The van der Waals surface area contributed by atoms with Crippen LogP contribution in [0.5, 0.6) is 0 Å². The minimum absolute atomic E-state index is 0.00678. The molecule has 0 unspecified atom stereocenters. The molecule has 0 N–H and O–H groups in total. The van der Waals surface area contributed by atoms with Crippen LogP contribution in [0.4, 0.5) is 5.69 Å². The van der Waals surface area contributed by atoms with Crippen molar-refractivity contribution < 1.29 is 9.59 Å². The minimum Gasteiger partial charge on any atom is -0.315 e. The van der Waals surface area contributed by atoms with E-state index in [-0.39, 0.29) is 11.7 Å². The number of rotatable bonds is 7. The Morgan fingerprint density at radius 2 is 1.84 bits per heavy atom. The van der Waals surface area contributed by atoms with Gasteiger partial charge in [0.05, 0.1) is 5.02 Å². The summed E-state index contributed by atoms with van der Waals surface area (Å²) in [6.45, 7) is 5.74. The second kappa shape index (κ2) is 9.84. The van der Waals surface area contributed by atoms with Gasteiger partial charge in [-0.1, -0.05) is 36.7 Å². The summed E-state index contributed by atoms with van der Waals surface area (Å²) in [7, 11) is 1.73. The van der Waals surface area contributed by atoms with Crippen molar-refractivity contribution in [3.8, 4) is 11.1 Å². The molecule has 2 aromatic heterocycles. The summed E-state index contributed by atoms with van der Waals surface area (Å²) < 4.78 is 0. The molecule has 0 saturated heterocycles. The Hall–Kier alpha value is -3.05. The molecule has 1 aromatic carbocycles. The van der Waals surface area contributed by atoms with Crippen molar-refractivity contribution in [1.82, 2.24) is 9.97 Å². The number of anilines is 1. The molecule has 6 heteroatoms. The Labute approximate surface area is 188 Å². The molecule has 3 rings (SSSR count). The molecular formula is C25H26ClN3O2. The summed E-state index contributed by atoms with van der Waals surface area (Å²) in [6, 6.07) is 13.1. The topological polar surface area (TPSA) is 63.2 Å². The number of carbonyl (C=O) groups excluding carboxylic acids is 2. The van der Waals surface area contributed by atoms with Gasteiger partial charge in [0.1, 0.15) is 5.69 Å². The molecule has 0 aliphatic carbocycles. The zero-order valence-corrected chi connectivity index (χ0v) is 19.0. The van der Waals surface area contributed by atoms with Crippen molar-refractivity contribution in [2.24, 2.45) is 0 Å². The number of benzene rings is 1. The Morgan fingerprint density at radius 3 is 2.45 bits per heavy atom. The molecule has 0 bridgehead atoms. The van der Waals surface area contributed by atoms with Crippen LogP contribution in [0.3, 0.4) is 0 Å². The van der Waals surface area contributed by atoms with Crippen LogP contribution in [0.15, 0.2) is 48.7 Å². The lowest BCUT2D eigenvalue weighted by atomic mass is 10.0. The molecule has 160 valence electrons. The number of halogens is 1. The lowest BCUT2D eigenvalue weighted by Crippen LogP contribution is -2.24. The number of Topliss-reactive ketones (excluding diaryl/α,β-unsaturated/α-hetero) is 1. The molecule has 0 saturated carbocycles. The summed E-state index contributed by atoms with van der Waals surface area (Å²) in [4.78, 5) is 34.9. The van der Waals surface area contributed by atoms with E-state index in [1.165, 1.54) is 0 Å². The predicted molar refractivity (Wildman–Crippen MR) is 125 cm³/mol. The maximum Gasteiger partial charge on any atom is 0.226 e. The van der Waals surface area contributed by atoms with Crippen LogP contribution in [-0.4, -0.2) is 28.7 Å². The van der Waals surface area contributed by atoms with E-state index in [9.17, 15) is 9.59 Å². The van der Waals surface area contributed by atoms with Crippen molar-refractivity contribution in [3.05, 3.63) is 76.3 Å². The van der Waals surface area contributed by atoms with Crippen LogP contribution in [0.1, 0.15) is 47.2 Å². The number of carbonyl (C=O) groups is 2. The van der Waals surface area contributed by atoms with E-state index in [0.717, 1.165) is 33.8 Å². The van der Waals surface area contributed by atoms with Crippen LogP contribution in [0.25, 0.3) is 11.1 Å². The number of ketones is 1. The van der Waals surface area contributed by atoms with Crippen molar-refractivity contribution in [1.29, 1.82) is 0 Å². The normalized spacial score (nSPS) is 10.7. The number of aryl methyl sites for hydroxylation is 3. The number of hydrogen-bond donors (Lipinski definition) is 0. The van der Waals surface area contributed by atoms with E-state index in [4.69, 9.17) is 11.6 Å². The average Bonchev–Trinajstić information content (AvgIpc) is 2.77. The van der Waals surface area contributed by atoms with Crippen molar-refractivity contribution >= 4 is 29.0 Å². The SMILES string of the molecule is CCC(=O)N(C)c1ccc(-c2ccc(C(=O)CCc3ccc(C)nc3C)nc2)c(Cl)c1. The fraction of sp³-hybridized carbons (Fsp3) is 0.280. The third-order valence-electron chi connectivity index (χ3n) is 5.33. The van der Waals surface area contributed by atoms with Gasteiger partial charge in [0.15, 0.2) is 5.78 Å². The van der Waals surface area contributed by atoms with Crippen LogP contribution >= 0.6 is 11.6 Å². The number of pyridine rings is 2. The van der Waals surface area contributed by atoms with Gasteiger partial charge in [0, 0.05) is 54.3 Å². The summed E-state index contributed by atoms with van der Waals surface area (Å²) in [5, 5.41) is 0.525. The molecule has 5 nitrogen and oxygen atoms in total. The summed E-state index contributed by atoms with van der Waals surface area (Å²) in [5.74, 6) is 0.0117. The fourth-order valence-corrected chi connectivity index (χ4v) is 3.69. The standard InChI is InChI=1S/C25H26ClN3O2/c1-5-25(31)29(4)20-10-11-21(22(26)14-20)19-8-12-23(27-15-19)24(30)13-9-18-7-6-16(2)28-17(18)3/h6-8,10-12,14-15H,5,9,13H2,1-4H3. The molecule has 0 radical (unpaired) electrons. The first-order chi connectivity index (χ1) is 14.8. The first kappa shape index (κ1) is 22.6. The van der Waals surface area contributed by atoms with E-state index in [1.807, 2.05) is 51.1 Å². The van der Waals surface area contributed by atoms with Gasteiger partial charge >= 0.3 is 0 Å². The van der Waals surface area contributed by atoms with Gasteiger partial charge in [-0.3, -0.25) is 19.6 Å². The monoisotopic (exact) mass is 435 g/mol. The Morgan fingerprint density at radius 1 is 1.06 bits per heavy atom. The fourth-order valence-electron chi connectivity index (χ4n) is 3.40. The number of nitrogens with zero attached hydrogens (tertiary/aromatic N) is 3. The van der Waals surface area contributed by atoms with Gasteiger partial charge in [-0.25, -0.2) is 0 Å². The zero-order valence-electron chi connectivity index (χ0n) is 18.3. The highest BCUT2D eigenvalue weighted by Crippen LogP contribution is 2.31. The van der Waals surface area contributed by atoms with Gasteiger partial charge in [-0.15, -0.1) is 0 Å². The Bertz CT molecular complexity index is 1110. The molecule has 0 fully saturated rings. The molecule has 0 aliphatic heterocycles. The molecule has 2 heterocycles. The van der Waals surface area contributed by atoms with Gasteiger partial charge in [-0.2, -0.15) is 0 Å². The first-order valence-corrected chi connectivity index (χ1v) is 10.7. The van der Waals surface area contributed by atoms with Crippen molar-refractivity contribution in [2.75, 3.05) is 11.9 Å². The number of hydrogen-bond acceptors (Lipinski definition) is 4. The van der Waals surface area contributed by atoms with Gasteiger partial charge in [-0.05, 0) is 50.1 Å². The van der Waals surface area contributed by atoms with E-state index in [1.54, 1.807) is 30.3 Å². The van der Waals surface area contributed by atoms with E-state index >= 15 is 0 Å². The molecular weight excluding hydrogens is 410 g/mol. The quantitative estimate of drug-likeness (QED) is 0.453. The second-order valence-electron chi connectivity index (χ2n) is 7.52. The lowest BCUT2D eigenvalue weighted by Gasteiger charge is -2.17. The number of amides is 1. The van der Waals surface area contributed by atoms with E-state index in [2.05, 4.69) is 9.97 Å². The van der Waals surface area contributed by atoms with Crippen molar-refractivity contribution in [2.45, 2.75) is 40.0 Å². The van der Waals surface area contributed by atoms with Crippen LogP contribution < -0.4 is 4.90 Å². The Balaban J connectivity index is 1.70. The third kappa shape index (κ3) is 5.36. The van der Waals surface area contributed by atoms with Gasteiger partial charge in [0.25, 0.3) is 0 Å². The van der Waals surface area contributed by atoms with E-state index in [0.29, 0.717) is 30.0 Å².